The van der Waals surface area contributed by atoms with Crippen LogP contribution in [0.2, 0.25) is 0 Å². The minimum absolute atomic E-state index is 0.0742. The molecule has 1 saturated heterocycles. The summed E-state index contributed by atoms with van der Waals surface area (Å²) in [7, 11) is 1.24. The van der Waals surface area contributed by atoms with Crippen LogP contribution in [-0.2, 0) is 14.3 Å². The molecule has 0 spiro atoms. The molecular weight excluding hydrogens is 394 g/mol. The van der Waals surface area contributed by atoms with Gasteiger partial charge in [-0.2, -0.15) is 0 Å². The number of carboxylic acid groups (broad SMARTS) is 1. The van der Waals surface area contributed by atoms with Gasteiger partial charge in [0.1, 0.15) is 18.3 Å². The lowest BCUT2D eigenvalue weighted by atomic mass is 9.89. The SMILES string of the molecule is COc1cc(C(=O)O[C@@]2(C(=O)O)C[C@H](O)[C@@H](N)[C@H]([C@H](O)[C@H](O)CO)O2)ccc1O. The molecule has 6 atom stereocenters. The molecule has 0 aliphatic carbocycles. The monoisotopic (exact) mass is 417 g/mol. The van der Waals surface area contributed by atoms with E-state index >= 15 is 0 Å². The average molecular weight is 417 g/mol. The molecule has 0 bridgehead atoms. The molecule has 1 aromatic rings. The molecule has 0 saturated carbocycles. The van der Waals surface area contributed by atoms with Crippen molar-refractivity contribution in [2.45, 2.75) is 42.7 Å². The summed E-state index contributed by atoms with van der Waals surface area (Å²) in [6, 6.07) is 2.02. The number of esters is 1. The number of hydrogen-bond acceptors (Lipinski definition) is 11. The second-order valence-corrected chi connectivity index (χ2v) is 6.51. The molecule has 0 aromatic heterocycles. The molecule has 1 aliphatic heterocycles. The average Bonchev–Trinajstić information content (AvgIpc) is 2.69. The minimum Gasteiger partial charge on any atom is -0.504 e. The van der Waals surface area contributed by atoms with Crippen LogP contribution in [0.15, 0.2) is 18.2 Å². The van der Waals surface area contributed by atoms with Crippen LogP contribution in [0, 0.1) is 0 Å². The molecular formula is C17H23NO11. The molecule has 0 amide bonds. The molecule has 162 valence electrons. The number of nitrogens with two attached hydrogens (primary N) is 1. The number of rotatable bonds is 7. The lowest BCUT2D eigenvalue weighted by molar-refractivity contribution is -0.291. The van der Waals surface area contributed by atoms with Crippen molar-refractivity contribution in [1.29, 1.82) is 0 Å². The summed E-state index contributed by atoms with van der Waals surface area (Å²) in [5.74, 6) is -6.07. The van der Waals surface area contributed by atoms with E-state index in [0.29, 0.717) is 0 Å². The molecule has 12 nitrogen and oxygen atoms in total. The molecule has 1 heterocycles. The molecule has 0 radical (unpaired) electrons. The summed E-state index contributed by atoms with van der Waals surface area (Å²) in [5.41, 5.74) is 5.53. The Morgan fingerprint density at radius 2 is 2.03 bits per heavy atom. The first-order valence-corrected chi connectivity index (χ1v) is 8.48. The molecule has 1 fully saturated rings. The number of aliphatic hydroxyl groups is 4. The van der Waals surface area contributed by atoms with Gasteiger partial charge in [-0.3, -0.25) is 0 Å². The van der Waals surface area contributed by atoms with E-state index in [1.807, 2.05) is 0 Å². The molecule has 2 rings (SSSR count). The third kappa shape index (κ3) is 4.58. The number of ether oxygens (including phenoxy) is 3. The van der Waals surface area contributed by atoms with Crippen LogP contribution >= 0.6 is 0 Å². The van der Waals surface area contributed by atoms with Gasteiger partial charge in [-0.1, -0.05) is 0 Å². The van der Waals surface area contributed by atoms with E-state index in [2.05, 4.69) is 0 Å². The van der Waals surface area contributed by atoms with Gasteiger partial charge in [-0.05, 0) is 18.2 Å². The molecule has 1 aromatic carbocycles. The third-order valence-electron chi connectivity index (χ3n) is 4.54. The third-order valence-corrected chi connectivity index (χ3v) is 4.54. The van der Waals surface area contributed by atoms with Gasteiger partial charge >= 0.3 is 17.7 Å². The molecule has 0 unspecified atom stereocenters. The van der Waals surface area contributed by atoms with Gasteiger partial charge in [-0.15, -0.1) is 0 Å². The van der Waals surface area contributed by atoms with Gasteiger partial charge in [0.05, 0.1) is 37.8 Å². The van der Waals surface area contributed by atoms with Crippen molar-refractivity contribution in [2.75, 3.05) is 13.7 Å². The van der Waals surface area contributed by atoms with Crippen LogP contribution in [0.25, 0.3) is 0 Å². The van der Waals surface area contributed by atoms with Crippen molar-refractivity contribution in [3.8, 4) is 11.5 Å². The Kier molecular flexibility index (Phi) is 7.00. The maximum absolute atomic E-state index is 12.5. The quantitative estimate of drug-likeness (QED) is 0.230. The minimum atomic E-state index is -2.74. The number of carbonyl (C=O) groups excluding carboxylic acids is 1. The van der Waals surface area contributed by atoms with Crippen molar-refractivity contribution in [3.05, 3.63) is 23.8 Å². The van der Waals surface area contributed by atoms with Crippen LogP contribution in [0.5, 0.6) is 11.5 Å². The highest BCUT2D eigenvalue weighted by molar-refractivity contribution is 5.92. The number of benzene rings is 1. The smallest absolute Gasteiger partial charge is 0.377 e. The number of aliphatic hydroxyl groups excluding tert-OH is 4. The first-order valence-electron chi connectivity index (χ1n) is 8.48. The normalized spacial score (nSPS) is 29.0. The number of phenolic OH excluding ortho intramolecular Hbond substituents is 1. The maximum Gasteiger partial charge on any atom is 0.377 e. The van der Waals surface area contributed by atoms with Gasteiger partial charge < -0.3 is 50.6 Å². The number of phenols is 1. The molecule has 8 N–H and O–H groups in total. The number of aliphatic carboxylic acids is 1. The van der Waals surface area contributed by atoms with Gasteiger partial charge in [0.25, 0.3) is 0 Å². The van der Waals surface area contributed by atoms with E-state index in [0.717, 1.165) is 18.2 Å². The highest BCUT2D eigenvalue weighted by Gasteiger charge is 2.56. The Hall–Kier alpha value is -2.48. The summed E-state index contributed by atoms with van der Waals surface area (Å²) in [6.45, 7) is -0.892. The van der Waals surface area contributed by atoms with Crippen molar-refractivity contribution in [3.63, 3.8) is 0 Å². The lowest BCUT2D eigenvalue weighted by Gasteiger charge is -2.44. The summed E-state index contributed by atoms with van der Waals surface area (Å²) < 4.78 is 15.1. The van der Waals surface area contributed by atoms with Crippen molar-refractivity contribution < 1.29 is 54.4 Å². The van der Waals surface area contributed by atoms with Gasteiger partial charge in [-0.25, -0.2) is 9.59 Å². The fourth-order valence-electron chi connectivity index (χ4n) is 2.86. The standard InChI is InChI=1S/C17H23NO11/c1-27-11-4-7(2-3-8(11)20)15(24)29-17(16(25)26)5-9(21)12(18)14(28-17)13(23)10(22)6-19/h2-4,9-10,12-14,19-23H,5-6,18H2,1H3,(H,25,26)/t9-,10+,12+,13+,14+,17+/m0/s1. The first kappa shape index (κ1) is 22.8. The highest BCUT2D eigenvalue weighted by atomic mass is 16.7. The van der Waals surface area contributed by atoms with E-state index in [-0.39, 0.29) is 17.1 Å². The fraction of sp³-hybridized carbons (Fsp3) is 0.529. The van der Waals surface area contributed by atoms with Crippen LogP contribution in [0.3, 0.4) is 0 Å². The molecule has 12 heteroatoms. The number of carbonyl (C=O) groups is 2. The predicted molar refractivity (Wildman–Crippen MR) is 93.0 cm³/mol. The van der Waals surface area contributed by atoms with E-state index in [9.17, 15) is 35.1 Å². The predicted octanol–water partition coefficient (Wildman–Crippen LogP) is -2.47. The largest absolute Gasteiger partial charge is 0.504 e. The Bertz CT molecular complexity index is 757. The van der Waals surface area contributed by atoms with E-state index in [1.54, 1.807) is 0 Å². The van der Waals surface area contributed by atoms with E-state index < -0.39 is 61.2 Å². The van der Waals surface area contributed by atoms with Crippen LogP contribution in [-0.4, -0.2) is 92.5 Å². The van der Waals surface area contributed by atoms with Gasteiger partial charge in [0, 0.05) is 0 Å². The number of hydrogen-bond donors (Lipinski definition) is 7. The molecule has 1 aliphatic rings. The number of aromatic hydroxyl groups is 1. The van der Waals surface area contributed by atoms with E-state index in [1.165, 1.54) is 7.11 Å². The summed E-state index contributed by atoms with van der Waals surface area (Å²) in [5, 5.41) is 58.1. The van der Waals surface area contributed by atoms with Crippen molar-refractivity contribution in [1.82, 2.24) is 0 Å². The second kappa shape index (κ2) is 8.90. The van der Waals surface area contributed by atoms with Crippen LogP contribution in [0.4, 0.5) is 0 Å². The highest BCUT2D eigenvalue weighted by Crippen LogP contribution is 2.34. The van der Waals surface area contributed by atoms with Gasteiger partial charge in [0.15, 0.2) is 11.5 Å². The maximum atomic E-state index is 12.5. The van der Waals surface area contributed by atoms with Gasteiger partial charge in [0.2, 0.25) is 0 Å². The summed E-state index contributed by atoms with van der Waals surface area (Å²) in [6.07, 6.45) is -7.66. The van der Waals surface area contributed by atoms with Crippen LogP contribution < -0.4 is 10.5 Å². The topological polar surface area (TPSA) is 209 Å². The Morgan fingerprint density at radius 1 is 1.38 bits per heavy atom. The first-order chi connectivity index (χ1) is 13.6. The van der Waals surface area contributed by atoms with Crippen LogP contribution in [0.1, 0.15) is 16.8 Å². The van der Waals surface area contributed by atoms with Crippen molar-refractivity contribution in [2.24, 2.45) is 5.73 Å². The number of methoxy groups -OCH3 is 1. The Morgan fingerprint density at radius 3 is 2.59 bits per heavy atom. The van der Waals surface area contributed by atoms with E-state index in [4.69, 9.17) is 25.1 Å². The second-order valence-electron chi connectivity index (χ2n) is 6.51. The Balaban J connectivity index is 2.35. The van der Waals surface area contributed by atoms with Crippen molar-refractivity contribution >= 4 is 11.9 Å². The number of carboxylic acids is 1. The fourth-order valence-corrected chi connectivity index (χ4v) is 2.86. The summed E-state index contributed by atoms with van der Waals surface area (Å²) >= 11 is 0. The zero-order chi connectivity index (χ0) is 21.9. The molecule has 29 heavy (non-hydrogen) atoms. The summed E-state index contributed by atoms with van der Waals surface area (Å²) in [4.78, 5) is 24.4. The zero-order valence-electron chi connectivity index (χ0n) is 15.3. The Labute approximate surface area is 164 Å². The lowest BCUT2D eigenvalue weighted by Crippen LogP contribution is -2.66. The zero-order valence-corrected chi connectivity index (χ0v) is 15.3.